The number of hydrogen-bond donors (Lipinski definition) is 2. The van der Waals surface area contributed by atoms with Gasteiger partial charge in [0.25, 0.3) is 0 Å². The van der Waals surface area contributed by atoms with Gasteiger partial charge in [-0.05, 0) is 18.6 Å². The van der Waals surface area contributed by atoms with Crippen LogP contribution < -0.4 is 10.5 Å². The summed E-state index contributed by atoms with van der Waals surface area (Å²) in [6.07, 6.45) is 1.46. The number of benzene rings is 1. The highest BCUT2D eigenvalue weighted by molar-refractivity contribution is 6.11. The maximum absolute atomic E-state index is 5.89. The van der Waals surface area contributed by atoms with Crippen LogP contribution in [0.25, 0.3) is 21.9 Å². The van der Waals surface area contributed by atoms with Crippen LogP contribution in [-0.4, -0.2) is 22.1 Å². The molecule has 1 aromatic carbocycles. The third-order valence-corrected chi connectivity index (χ3v) is 2.93. The number of aromatic amines is 1. The van der Waals surface area contributed by atoms with Gasteiger partial charge in [-0.3, -0.25) is 0 Å². The van der Waals surface area contributed by atoms with Gasteiger partial charge in [0.1, 0.15) is 23.5 Å². The number of methoxy groups -OCH3 is 1. The molecule has 3 aromatic rings. The molecule has 0 bridgehead atoms. The molecule has 0 aliphatic heterocycles. The molecule has 86 valence electrons. The fourth-order valence-corrected chi connectivity index (χ4v) is 2.11. The lowest BCUT2D eigenvalue weighted by molar-refractivity contribution is 0.412. The van der Waals surface area contributed by atoms with E-state index in [-0.39, 0.29) is 0 Å². The van der Waals surface area contributed by atoms with Gasteiger partial charge < -0.3 is 15.5 Å². The van der Waals surface area contributed by atoms with Crippen molar-refractivity contribution in [2.75, 3.05) is 12.8 Å². The molecule has 0 radical (unpaired) electrons. The smallest absolute Gasteiger partial charge is 0.143 e. The van der Waals surface area contributed by atoms with Gasteiger partial charge in [0.15, 0.2) is 0 Å². The zero-order valence-corrected chi connectivity index (χ0v) is 9.61. The summed E-state index contributed by atoms with van der Waals surface area (Å²) in [5.41, 5.74) is 8.65. The summed E-state index contributed by atoms with van der Waals surface area (Å²) in [4.78, 5) is 11.4. The molecule has 17 heavy (non-hydrogen) atoms. The minimum atomic E-state index is 0.491. The Morgan fingerprint density at radius 1 is 1.29 bits per heavy atom. The van der Waals surface area contributed by atoms with Gasteiger partial charge in [-0.2, -0.15) is 0 Å². The second-order valence-electron chi connectivity index (χ2n) is 3.97. The number of nitrogens with zero attached hydrogens (tertiary/aromatic N) is 2. The van der Waals surface area contributed by atoms with Crippen LogP contribution in [0.1, 0.15) is 5.56 Å². The Morgan fingerprint density at radius 3 is 2.88 bits per heavy atom. The highest BCUT2D eigenvalue weighted by atomic mass is 16.5. The quantitative estimate of drug-likeness (QED) is 0.668. The number of H-pyrrole nitrogens is 1. The van der Waals surface area contributed by atoms with Crippen molar-refractivity contribution in [3.63, 3.8) is 0 Å². The molecule has 3 N–H and O–H groups in total. The number of aromatic nitrogens is 3. The van der Waals surface area contributed by atoms with E-state index >= 15 is 0 Å². The zero-order valence-electron chi connectivity index (χ0n) is 9.61. The predicted molar refractivity (Wildman–Crippen MR) is 67.1 cm³/mol. The van der Waals surface area contributed by atoms with Crippen molar-refractivity contribution in [1.82, 2.24) is 15.0 Å². The number of fused-ring (bicyclic) bond motifs is 3. The van der Waals surface area contributed by atoms with E-state index in [4.69, 9.17) is 10.5 Å². The minimum absolute atomic E-state index is 0.491. The second kappa shape index (κ2) is 3.35. The molecule has 2 aromatic heterocycles. The third-order valence-electron chi connectivity index (χ3n) is 2.93. The Balaban J connectivity index is 2.49. The number of ether oxygens (including phenoxy) is 1. The first-order chi connectivity index (χ1) is 8.20. The van der Waals surface area contributed by atoms with Crippen molar-refractivity contribution in [2.45, 2.75) is 6.92 Å². The van der Waals surface area contributed by atoms with Crippen molar-refractivity contribution >= 4 is 27.8 Å². The number of nitrogens with two attached hydrogens (primary N) is 1. The van der Waals surface area contributed by atoms with Crippen molar-refractivity contribution in [3.05, 3.63) is 24.0 Å². The Morgan fingerprint density at radius 2 is 2.12 bits per heavy atom. The van der Waals surface area contributed by atoms with Gasteiger partial charge in [-0.15, -0.1) is 0 Å². The number of rotatable bonds is 1. The molecule has 0 amide bonds. The molecule has 0 aliphatic rings. The van der Waals surface area contributed by atoms with E-state index in [0.717, 1.165) is 33.2 Å². The van der Waals surface area contributed by atoms with Crippen LogP contribution in [0.5, 0.6) is 5.75 Å². The van der Waals surface area contributed by atoms with E-state index in [0.29, 0.717) is 5.82 Å². The monoisotopic (exact) mass is 228 g/mol. The van der Waals surface area contributed by atoms with Crippen molar-refractivity contribution < 1.29 is 4.74 Å². The van der Waals surface area contributed by atoms with Gasteiger partial charge in [-0.25, -0.2) is 9.97 Å². The minimum Gasteiger partial charge on any atom is -0.496 e. The molecule has 0 unspecified atom stereocenters. The standard InChI is InChI=1S/C12H12N4O/c1-6-3-7-8(4-9(6)17-2)16-12-10(7)11(13)14-5-15-12/h3-5H,1-2H3,(H3,13,14,15,16). The lowest BCUT2D eigenvalue weighted by Crippen LogP contribution is -1.91. The molecule has 0 saturated heterocycles. The summed E-state index contributed by atoms with van der Waals surface area (Å²) < 4.78 is 5.29. The number of nitrogen functional groups attached to an aromatic ring is 1. The average Bonchev–Trinajstić information content (AvgIpc) is 2.66. The molecule has 0 saturated carbocycles. The Bertz CT molecular complexity index is 717. The molecular weight excluding hydrogens is 216 g/mol. The van der Waals surface area contributed by atoms with Gasteiger partial charge >= 0.3 is 0 Å². The van der Waals surface area contributed by atoms with E-state index in [1.54, 1.807) is 7.11 Å². The van der Waals surface area contributed by atoms with Crippen LogP contribution in [0, 0.1) is 6.92 Å². The number of anilines is 1. The van der Waals surface area contributed by atoms with Crippen LogP contribution >= 0.6 is 0 Å². The van der Waals surface area contributed by atoms with Crippen molar-refractivity contribution in [1.29, 1.82) is 0 Å². The van der Waals surface area contributed by atoms with Gasteiger partial charge in [0.05, 0.1) is 18.0 Å². The van der Waals surface area contributed by atoms with E-state index in [9.17, 15) is 0 Å². The Labute approximate surface area is 97.6 Å². The second-order valence-corrected chi connectivity index (χ2v) is 3.97. The molecule has 0 atom stereocenters. The Kier molecular flexibility index (Phi) is 1.95. The molecule has 5 heteroatoms. The van der Waals surface area contributed by atoms with Crippen LogP contribution in [0.2, 0.25) is 0 Å². The predicted octanol–water partition coefficient (Wildman–Crippen LogP) is 2.01. The number of aryl methyl sites for hydroxylation is 1. The topological polar surface area (TPSA) is 76.8 Å². The molecule has 5 nitrogen and oxygen atoms in total. The summed E-state index contributed by atoms with van der Waals surface area (Å²) in [7, 11) is 1.66. The summed E-state index contributed by atoms with van der Waals surface area (Å²) in [5, 5.41) is 1.89. The number of hydrogen-bond acceptors (Lipinski definition) is 4. The van der Waals surface area contributed by atoms with E-state index < -0.39 is 0 Å². The van der Waals surface area contributed by atoms with Crippen LogP contribution in [0.4, 0.5) is 5.82 Å². The summed E-state index contributed by atoms with van der Waals surface area (Å²) in [5.74, 6) is 1.33. The van der Waals surface area contributed by atoms with Gasteiger partial charge in [0.2, 0.25) is 0 Å². The third kappa shape index (κ3) is 1.32. The van der Waals surface area contributed by atoms with Crippen LogP contribution in [0.3, 0.4) is 0 Å². The zero-order chi connectivity index (χ0) is 12.0. The first kappa shape index (κ1) is 9.89. The summed E-state index contributed by atoms with van der Waals surface area (Å²) in [6, 6.07) is 3.98. The van der Waals surface area contributed by atoms with E-state index in [2.05, 4.69) is 15.0 Å². The molecule has 0 fully saturated rings. The van der Waals surface area contributed by atoms with Crippen molar-refractivity contribution in [2.24, 2.45) is 0 Å². The van der Waals surface area contributed by atoms with Gasteiger partial charge in [0, 0.05) is 11.5 Å². The molecular formula is C12H12N4O. The Hall–Kier alpha value is -2.30. The maximum atomic E-state index is 5.89. The highest BCUT2D eigenvalue weighted by Crippen LogP contribution is 2.31. The highest BCUT2D eigenvalue weighted by Gasteiger charge is 2.11. The van der Waals surface area contributed by atoms with Crippen molar-refractivity contribution in [3.8, 4) is 5.75 Å². The normalized spacial score (nSPS) is 11.2. The van der Waals surface area contributed by atoms with Crippen LogP contribution in [0.15, 0.2) is 18.5 Å². The largest absolute Gasteiger partial charge is 0.496 e. The molecule has 0 spiro atoms. The van der Waals surface area contributed by atoms with Crippen LogP contribution in [-0.2, 0) is 0 Å². The first-order valence-electron chi connectivity index (χ1n) is 5.27. The lowest BCUT2D eigenvalue weighted by Gasteiger charge is -2.04. The molecule has 3 rings (SSSR count). The van der Waals surface area contributed by atoms with Gasteiger partial charge in [-0.1, -0.05) is 0 Å². The fraction of sp³-hybridized carbons (Fsp3) is 0.167. The molecule has 2 heterocycles. The maximum Gasteiger partial charge on any atom is 0.143 e. The fourth-order valence-electron chi connectivity index (χ4n) is 2.11. The number of nitrogens with one attached hydrogen (secondary N) is 1. The summed E-state index contributed by atoms with van der Waals surface area (Å²) in [6.45, 7) is 2.00. The van der Waals surface area contributed by atoms with E-state index in [1.807, 2.05) is 19.1 Å². The molecule has 0 aliphatic carbocycles. The SMILES string of the molecule is COc1cc2[nH]c3ncnc(N)c3c2cc1C. The first-order valence-corrected chi connectivity index (χ1v) is 5.27. The average molecular weight is 228 g/mol. The lowest BCUT2D eigenvalue weighted by atomic mass is 10.1. The van der Waals surface area contributed by atoms with E-state index in [1.165, 1.54) is 6.33 Å². The summed E-state index contributed by atoms with van der Waals surface area (Å²) >= 11 is 0.